The van der Waals surface area contributed by atoms with Crippen LogP contribution in [0.1, 0.15) is 33.9 Å². The van der Waals surface area contributed by atoms with Gasteiger partial charge in [0.05, 0.1) is 27.8 Å². The van der Waals surface area contributed by atoms with E-state index in [9.17, 15) is 4.79 Å². The van der Waals surface area contributed by atoms with Crippen molar-refractivity contribution in [2.75, 3.05) is 34.4 Å². The zero-order valence-electron chi connectivity index (χ0n) is 24.4. The molecule has 1 heterocycles. The van der Waals surface area contributed by atoms with Crippen LogP contribution >= 0.6 is 0 Å². The molecule has 5 aromatic rings. The predicted octanol–water partition coefficient (Wildman–Crippen LogP) is 7.04. The van der Waals surface area contributed by atoms with E-state index in [1.54, 1.807) is 14.2 Å². The summed E-state index contributed by atoms with van der Waals surface area (Å²) < 4.78 is 22.3. The summed E-state index contributed by atoms with van der Waals surface area (Å²) in [5.74, 6) is 2.40. The summed E-state index contributed by atoms with van der Waals surface area (Å²) in [6, 6.07) is 35.3. The van der Waals surface area contributed by atoms with Crippen LogP contribution < -0.4 is 9.47 Å². The molecule has 6 nitrogen and oxygen atoms in total. The minimum atomic E-state index is -0.267. The standard InChI is InChI=1S/C36H37NO5/c1-39-31-17-16-30(34(23-31)40-2)24-37(25-33(27-10-6-4-7-11-27)28-12-8-5-9-13-28)19-18-32-22-29-15-14-26(20-35(29)42-32)21-36(38)41-3/h4-17,20,22-23,33H,18-19,21,24-25H2,1-3H3. The van der Waals surface area contributed by atoms with Gasteiger partial charge in [-0.05, 0) is 34.9 Å². The fourth-order valence-corrected chi connectivity index (χ4v) is 5.36. The van der Waals surface area contributed by atoms with Gasteiger partial charge in [0, 0.05) is 49.0 Å². The van der Waals surface area contributed by atoms with Crippen LogP contribution in [-0.4, -0.2) is 45.3 Å². The van der Waals surface area contributed by atoms with Gasteiger partial charge in [0.25, 0.3) is 0 Å². The van der Waals surface area contributed by atoms with E-state index >= 15 is 0 Å². The Hall–Kier alpha value is -4.55. The van der Waals surface area contributed by atoms with E-state index in [1.807, 2.05) is 30.3 Å². The summed E-state index contributed by atoms with van der Waals surface area (Å²) in [7, 11) is 4.76. The molecule has 0 spiro atoms. The molecule has 0 aliphatic heterocycles. The highest BCUT2D eigenvalue weighted by Crippen LogP contribution is 2.30. The van der Waals surface area contributed by atoms with Gasteiger partial charge < -0.3 is 18.6 Å². The van der Waals surface area contributed by atoms with Crippen LogP contribution in [0, 0.1) is 0 Å². The highest BCUT2D eigenvalue weighted by atomic mass is 16.5. The van der Waals surface area contributed by atoms with E-state index in [-0.39, 0.29) is 18.3 Å². The Morgan fingerprint density at radius 2 is 1.52 bits per heavy atom. The molecule has 0 atom stereocenters. The van der Waals surface area contributed by atoms with Gasteiger partial charge in [-0.15, -0.1) is 0 Å². The highest BCUT2D eigenvalue weighted by molar-refractivity contribution is 5.80. The molecule has 1 aromatic heterocycles. The number of nitrogens with zero attached hydrogens (tertiary/aromatic N) is 1. The number of carbonyl (C=O) groups excluding carboxylic acids is 1. The van der Waals surface area contributed by atoms with Crippen LogP contribution in [0.15, 0.2) is 108 Å². The zero-order chi connectivity index (χ0) is 29.3. The zero-order valence-corrected chi connectivity index (χ0v) is 24.4. The van der Waals surface area contributed by atoms with Crippen molar-refractivity contribution in [2.24, 2.45) is 0 Å². The first-order valence-corrected chi connectivity index (χ1v) is 14.2. The minimum Gasteiger partial charge on any atom is -0.497 e. The maximum Gasteiger partial charge on any atom is 0.309 e. The smallest absolute Gasteiger partial charge is 0.309 e. The van der Waals surface area contributed by atoms with Crippen LogP contribution in [-0.2, 0) is 28.9 Å². The van der Waals surface area contributed by atoms with Gasteiger partial charge in [-0.25, -0.2) is 0 Å². The number of esters is 1. The maximum absolute atomic E-state index is 11.8. The molecule has 0 radical (unpaired) electrons. The normalized spacial score (nSPS) is 11.3. The lowest BCUT2D eigenvalue weighted by molar-refractivity contribution is -0.139. The summed E-state index contributed by atoms with van der Waals surface area (Å²) in [5.41, 5.74) is 5.29. The van der Waals surface area contributed by atoms with E-state index < -0.39 is 0 Å². The molecule has 216 valence electrons. The molecule has 0 saturated heterocycles. The largest absolute Gasteiger partial charge is 0.497 e. The minimum absolute atomic E-state index is 0.188. The van der Waals surface area contributed by atoms with Crippen molar-refractivity contribution in [1.29, 1.82) is 0 Å². The second kappa shape index (κ2) is 13.9. The van der Waals surface area contributed by atoms with Gasteiger partial charge in [0.15, 0.2) is 0 Å². The van der Waals surface area contributed by atoms with Gasteiger partial charge in [-0.1, -0.05) is 78.9 Å². The quantitative estimate of drug-likeness (QED) is 0.143. The first kappa shape index (κ1) is 29.0. The summed E-state index contributed by atoms with van der Waals surface area (Å²) in [5, 5.41) is 1.02. The number of methoxy groups -OCH3 is 3. The summed E-state index contributed by atoms with van der Waals surface area (Å²) in [6.07, 6.45) is 0.954. The Bertz CT molecular complexity index is 1560. The third kappa shape index (κ3) is 7.20. The molecule has 0 aliphatic carbocycles. The summed E-state index contributed by atoms with van der Waals surface area (Å²) in [6.45, 7) is 2.29. The Kier molecular flexibility index (Phi) is 9.57. The molecule has 0 bridgehead atoms. The predicted molar refractivity (Wildman–Crippen MR) is 165 cm³/mol. The Morgan fingerprint density at radius 3 is 2.17 bits per heavy atom. The average molecular weight is 564 g/mol. The molecule has 42 heavy (non-hydrogen) atoms. The lowest BCUT2D eigenvalue weighted by atomic mass is 9.90. The molecular formula is C36H37NO5. The molecule has 6 heteroatoms. The van der Waals surface area contributed by atoms with Crippen LogP contribution in [0.25, 0.3) is 11.0 Å². The third-order valence-electron chi connectivity index (χ3n) is 7.62. The van der Waals surface area contributed by atoms with Gasteiger partial charge >= 0.3 is 5.97 Å². The lowest BCUT2D eigenvalue weighted by Crippen LogP contribution is -2.31. The topological polar surface area (TPSA) is 61.1 Å². The molecule has 0 amide bonds. The highest BCUT2D eigenvalue weighted by Gasteiger charge is 2.20. The van der Waals surface area contributed by atoms with Crippen molar-refractivity contribution in [2.45, 2.75) is 25.3 Å². The summed E-state index contributed by atoms with van der Waals surface area (Å²) in [4.78, 5) is 14.2. The first-order chi connectivity index (χ1) is 20.6. The number of carbonyl (C=O) groups is 1. The van der Waals surface area contributed by atoms with Gasteiger partial charge in [-0.3, -0.25) is 9.69 Å². The second-order valence-electron chi connectivity index (χ2n) is 10.4. The fourth-order valence-electron chi connectivity index (χ4n) is 5.36. The van der Waals surface area contributed by atoms with Crippen LogP contribution in [0.2, 0.25) is 0 Å². The van der Waals surface area contributed by atoms with Gasteiger partial charge in [0.2, 0.25) is 0 Å². The number of benzene rings is 4. The van der Waals surface area contributed by atoms with E-state index in [2.05, 4.69) is 77.7 Å². The Labute approximate surface area is 247 Å². The van der Waals surface area contributed by atoms with Crippen LogP contribution in [0.4, 0.5) is 0 Å². The molecule has 4 aromatic carbocycles. The molecule has 0 unspecified atom stereocenters. The lowest BCUT2D eigenvalue weighted by Gasteiger charge is -2.29. The van der Waals surface area contributed by atoms with E-state index in [0.29, 0.717) is 6.54 Å². The average Bonchev–Trinajstić information content (AvgIpc) is 3.45. The van der Waals surface area contributed by atoms with Crippen molar-refractivity contribution in [3.05, 3.63) is 131 Å². The van der Waals surface area contributed by atoms with E-state index in [0.717, 1.165) is 58.9 Å². The number of hydrogen-bond donors (Lipinski definition) is 0. The molecular weight excluding hydrogens is 526 g/mol. The van der Waals surface area contributed by atoms with Crippen molar-refractivity contribution < 1.29 is 23.4 Å². The van der Waals surface area contributed by atoms with Gasteiger partial charge in [0.1, 0.15) is 22.8 Å². The molecule has 0 aliphatic rings. The van der Waals surface area contributed by atoms with Crippen LogP contribution in [0.5, 0.6) is 11.5 Å². The fraction of sp³-hybridized carbons (Fsp3) is 0.250. The first-order valence-electron chi connectivity index (χ1n) is 14.2. The number of fused-ring (bicyclic) bond motifs is 1. The third-order valence-corrected chi connectivity index (χ3v) is 7.62. The van der Waals surface area contributed by atoms with Gasteiger partial charge in [-0.2, -0.15) is 0 Å². The Balaban J connectivity index is 1.42. The van der Waals surface area contributed by atoms with Crippen molar-refractivity contribution >= 4 is 16.9 Å². The summed E-state index contributed by atoms with van der Waals surface area (Å²) >= 11 is 0. The molecule has 0 N–H and O–H groups in total. The van der Waals surface area contributed by atoms with Crippen molar-refractivity contribution in [3.63, 3.8) is 0 Å². The monoisotopic (exact) mass is 563 g/mol. The van der Waals surface area contributed by atoms with Crippen molar-refractivity contribution in [3.8, 4) is 11.5 Å². The molecule has 5 rings (SSSR count). The number of furan rings is 1. The molecule has 0 fully saturated rings. The van der Waals surface area contributed by atoms with Crippen LogP contribution in [0.3, 0.4) is 0 Å². The van der Waals surface area contributed by atoms with E-state index in [1.165, 1.54) is 18.2 Å². The van der Waals surface area contributed by atoms with E-state index in [4.69, 9.17) is 18.6 Å². The number of rotatable bonds is 13. The second-order valence-corrected chi connectivity index (χ2v) is 10.4. The maximum atomic E-state index is 11.8. The van der Waals surface area contributed by atoms with Crippen molar-refractivity contribution in [1.82, 2.24) is 4.90 Å². The molecule has 0 saturated carbocycles. The number of ether oxygens (including phenoxy) is 3. The number of hydrogen-bond acceptors (Lipinski definition) is 6. The SMILES string of the molecule is COC(=O)Cc1ccc2cc(CCN(Cc3ccc(OC)cc3OC)CC(c3ccccc3)c3ccccc3)oc2c1. The Morgan fingerprint density at radius 1 is 0.810 bits per heavy atom.